The highest BCUT2D eigenvalue weighted by Gasteiger charge is 2.08. The Morgan fingerprint density at radius 2 is 1.50 bits per heavy atom. The van der Waals surface area contributed by atoms with Gasteiger partial charge in [0.05, 0.1) is 4.88 Å². The Labute approximate surface area is 149 Å². The highest BCUT2D eigenvalue weighted by molar-refractivity contribution is 7.80. The minimum Gasteiger partial charge on any atom is -0.356 e. The fourth-order valence-electron chi connectivity index (χ4n) is 2.06. The Kier molecular flexibility index (Phi) is 5.20. The van der Waals surface area contributed by atoms with Gasteiger partial charge in [-0.05, 0) is 60.1 Å². The molecule has 0 unspecified atom stereocenters. The zero-order valence-corrected chi connectivity index (χ0v) is 14.3. The van der Waals surface area contributed by atoms with Crippen LogP contribution in [0.4, 0.5) is 17.1 Å². The monoisotopic (exact) mass is 353 g/mol. The summed E-state index contributed by atoms with van der Waals surface area (Å²) in [4.78, 5) is 12.6. The number of anilines is 3. The lowest BCUT2D eigenvalue weighted by atomic mass is 10.2. The van der Waals surface area contributed by atoms with Gasteiger partial charge in [-0.2, -0.15) is 0 Å². The van der Waals surface area contributed by atoms with Crippen molar-refractivity contribution in [3.63, 3.8) is 0 Å². The van der Waals surface area contributed by atoms with Crippen molar-refractivity contribution < 1.29 is 4.79 Å². The second kappa shape index (κ2) is 7.72. The number of carbonyl (C=O) groups is 1. The lowest BCUT2D eigenvalue weighted by Crippen LogP contribution is -2.33. The van der Waals surface area contributed by atoms with Gasteiger partial charge in [0.25, 0.3) is 5.91 Å². The Morgan fingerprint density at radius 1 is 0.833 bits per heavy atom. The lowest BCUT2D eigenvalue weighted by molar-refractivity contribution is 0.0981. The molecule has 2 aromatic carbocycles. The number of benzene rings is 2. The molecule has 3 aromatic rings. The summed E-state index contributed by atoms with van der Waals surface area (Å²) in [7, 11) is 0. The van der Waals surface area contributed by atoms with Gasteiger partial charge >= 0.3 is 0 Å². The van der Waals surface area contributed by atoms with Crippen molar-refractivity contribution in [3.8, 4) is 0 Å². The molecule has 4 nitrogen and oxygen atoms in total. The summed E-state index contributed by atoms with van der Waals surface area (Å²) in [5.74, 6) is -0.204. The maximum absolute atomic E-state index is 11.9. The molecule has 0 aliphatic rings. The third kappa shape index (κ3) is 4.41. The van der Waals surface area contributed by atoms with Crippen LogP contribution in [0.2, 0.25) is 0 Å². The van der Waals surface area contributed by atoms with Crippen LogP contribution in [-0.4, -0.2) is 11.0 Å². The van der Waals surface area contributed by atoms with Crippen molar-refractivity contribution >= 4 is 51.6 Å². The van der Waals surface area contributed by atoms with Crippen molar-refractivity contribution in [3.05, 3.63) is 77.0 Å². The molecule has 0 saturated carbocycles. The molecule has 0 fully saturated rings. The molecule has 0 spiro atoms. The molecule has 6 heteroatoms. The van der Waals surface area contributed by atoms with Crippen molar-refractivity contribution in [2.24, 2.45) is 0 Å². The van der Waals surface area contributed by atoms with Gasteiger partial charge in [0.15, 0.2) is 5.11 Å². The Balaban J connectivity index is 1.56. The van der Waals surface area contributed by atoms with E-state index in [1.165, 1.54) is 11.3 Å². The third-order valence-corrected chi connectivity index (χ3v) is 4.25. The molecule has 0 saturated heterocycles. The topological polar surface area (TPSA) is 53.2 Å². The van der Waals surface area contributed by atoms with Crippen LogP contribution in [0.15, 0.2) is 72.1 Å². The van der Waals surface area contributed by atoms with E-state index < -0.39 is 0 Å². The van der Waals surface area contributed by atoms with Gasteiger partial charge < -0.3 is 10.6 Å². The summed E-state index contributed by atoms with van der Waals surface area (Å²) in [5, 5.41) is 11.1. The number of thiocarbonyl (C=S) groups is 1. The second-order valence-corrected chi connectivity index (χ2v) is 6.31. The molecule has 0 radical (unpaired) electrons. The van der Waals surface area contributed by atoms with Crippen molar-refractivity contribution in [2.45, 2.75) is 0 Å². The molecule has 3 N–H and O–H groups in total. The number of thiophene rings is 1. The predicted octanol–water partition coefficient (Wildman–Crippen LogP) is 4.62. The van der Waals surface area contributed by atoms with Crippen molar-refractivity contribution in [1.29, 1.82) is 0 Å². The first kappa shape index (κ1) is 16.2. The van der Waals surface area contributed by atoms with Gasteiger partial charge in [0, 0.05) is 17.1 Å². The van der Waals surface area contributed by atoms with Crippen LogP contribution in [0.25, 0.3) is 0 Å². The lowest BCUT2D eigenvalue weighted by Gasteiger charge is -2.10. The van der Waals surface area contributed by atoms with Crippen LogP contribution < -0.4 is 16.0 Å². The predicted molar refractivity (Wildman–Crippen MR) is 104 cm³/mol. The molecule has 24 heavy (non-hydrogen) atoms. The molecule has 0 atom stereocenters. The normalized spacial score (nSPS) is 10.0. The summed E-state index contributed by atoms with van der Waals surface area (Å²) in [5.41, 5.74) is 2.81. The SMILES string of the molecule is O=C(NC(=S)Nc1ccc(Nc2ccccc2)cc1)c1cccs1. The van der Waals surface area contributed by atoms with Gasteiger partial charge in [-0.15, -0.1) is 11.3 Å². The smallest absolute Gasteiger partial charge is 0.267 e. The molecular weight excluding hydrogens is 338 g/mol. The van der Waals surface area contributed by atoms with Crippen LogP contribution in [0.1, 0.15) is 9.67 Å². The number of para-hydroxylation sites is 1. The molecule has 1 aromatic heterocycles. The Hall–Kier alpha value is -2.70. The summed E-state index contributed by atoms with van der Waals surface area (Å²) in [6, 6.07) is 21.2. The van der Waals surface area contributed by atoms with E-state index in [0.717, 1.165) is 17.1 Å². The van der Waals surface area contributed by atoms with E-state index in [1.807, 2.05) is 66.0 Å². The zero-order valence-electron chi connectivity index (χ0n) is 12.7. The van der Waals surface area contributed by atoms with E-state index >= 15 is 0 Å². The summed E-state index contributed by atoms with van der Waals surface area (Å²) < 4.78 is 0. The Bertz CT molecular complexity index is 815. The van der Waals surface area contributed by atoms with E-state index in [9.17, 15) is 4.79 Å². The van der Waals surface area contributed by atoms with Crippen LogP contribution in [-0.2, 0) is 0 Å². The molecule has 0 aliphatic heterocycles. The summed E-state index contributed by atoms with van der Waals surface area (Å²) in [6.07, 6.45) is 0. The van der Waals surface area contributed by atoms with Gasteiger partial charge in [-0.3, -0.25) is 10.1 Å². The molecule has 1 amide bonds. The van der Waals surface area contributed by atoms with Crippen molar-refractivity contribution in [2.75, 3.05) is 10.6 Å². The maximum atomic E-state index is 11.9. The minimum absolute atomic E-state index is 0.204. The number of carbonyl (C=O) groups excluding carboxylic acids is 1. The zero-order chi connectivity index (χ0) is 16.8. The number of nitrogens with one attached hydrogen (secondary N) is 3. The quantitative estimate of drug-likeness (QED) is 0.599. The Morgan fingerprint density at radius 3 is 2.17 bits per heavy atom. The van der Waals surface area contributed by atoms with E-state index in [2.05, 4.69) is 16.0 Å². The maximum Gasteiger partial charge on any atom is 0.267 e. The molecular formula is C18H15N3OS2. The van der Waals surface area contributed by atoms with Crippen LogP contribution in [0, 0.1) is 0 Å². The number of amides is 1. The number of hydrogen-bond acceptors (Lipinski definition) is 4. The molecule has 1 heterocycles. The van der Waals surface area contributed by atoms with E-state index in [1.54, 1.807) is 6.07 Å². The van der Waals surface area contributed by atoms with E-state index in [0.29, 0.717) is 4.88 Å². The highest BCUT2D eigenvalue weighted by Crippen LogP contribution is 2.18. The fourth-order valence-corrected chi connectivity index (χ4v) is 2.89. The first-order valence-corrected chi connectivity index (χ1v) is 8.57. The van der Waals surface area contributed by atoms with Gasteiger partial charge in [0.2, 0.25) is 0 Å². The number of hydrogen-bond donors (Lipinski definition) is 3. The van der Waals surface area contributed by atoms with Crippen LogP contribution >= 0.6 is 23.6 Å². The third-order valence-electron chi connectivity index (χ3n) is 3.18. The first-order chi connectivity index (χ1) is 11.7. The van der Waals surface area contributed by atoms with Gasteiger partial charge in [-0.1, -0.05) is 24.3 Å². The largest absolute Gasteiger partial charge is 0.356 e. The molecule has 0 bridgehead atoms. The van der Waals surface area contributed by atoms with Crippen LogP contribution in [0.3, 0.4) is 0 Å². The minimum atomic E-state index is -0.204. The second-order valence-electron chi connectivity index (χ2n) is 4.95. The standard InChI is InChI=1S/C18H15N3OS2/c22-17(16-7-4-12-24-16)21-18(23)20-15-10-8-14(9-11-15)19-13-5-2-1-3-6-13/h1-12,19H,(H2,20,21,22,23). The summed E-state index contributed by atoms with van der Waals surface area (Å²) >= 11 is 6.54. The van der Waals surface area contributed by atoms with Gasteiger partial charge in [-0.25, -0.2) is 0 Å². The molecule has 0 aliphatic carbocycles. The van der Waals surface area contributed by atoms with E-state index in [-0.39, 0.29) is 11.0 Å². The average Bonchev–Trinajstić information content (AvgIpc) is 3.12. The first-order valence-electron chi connectivity index (χ1n) is 7.29. The van der Waals surface area contributed by atoms with Gasteiger partial charge in [0.1, 0.15) is 0 Å². The molecule has 120 valence electrons. The average molecular weight is 353 g/mol. The van der Waals surface area contributed by atoms with Crippen LogP contribution in [0.5, 0.6) is 0 Å². The fraction of sp³-hybridized carbons (Fsp3) is 0. The highest BCUT2D eigenvalue weighted by atomic mass is 32.1. The molecule has 3 rings (SSSR count). The number of rotatable bonds is 4. The van der Waals surface area contributed by atoms with Crippen molar-refractivity contribution in [1.82, 2.24) is 5.32 Å². The summed E-state index contributed by atoms with van der Waals surface area (Å²) in [6.45, 7) is 0. The van der Waals surface area contributed by atoms with E-state index in [4.69, 9.17) is 12.2 Å².